The van der Waals surface area contributed by atoms with Crippen LogP contribution >= 0.6 is 11.3 Å². The fraction of sp³-hybridized carbons (Fsp3) is 0.298. The largest absolute Gasteiger partial charge is 0.312 e. The lowest BCUT2D eigenvalue weighted by Crippen LogP contribution is -2.36. The van der Waals surface area contributed by atoms with E-state index < -0.39 is 5.41 Å². The first-order valence-electron chi connectivity index (χ1n) is 18.7. The average Bonchev–Trinajstić information content (AvgIpc) is 3.81. The lowest BCUT2D eigenvalue weighted by atomic mass is 9.63. The molecule has 0 amide bonds. The van der Waals surface area contributed by atoms with Crippen LogP contribution in [0.3, 0.4) is 0 Å². The van der Waals surface area contributed by atoms with Gasteiger partial charge in [0, 0.05) is 32.1 Å². The maximum Gasteiger partial charge on any atom is 0.0944 e. The summed E-state index contributed by atoms with van der Waals surface area (Å²) in [4.78, 5) is 2.31. The first-order valence-corrected chi connectivity index (χ1v) is 19.5. The van der Waals surface area contributed by atoms with Gasteiger partial charge >= 0.3 is 0 Å². The summed E-state index contributed by atoms with van der Waals surface area (Å²) in [7, 11) is 0. The highest BCUT2D eigenvalue weighted by Gasteiger charge is 2.45. The van der Waals surface area contributed by atoms with Crippen molar-refractivity contribution in [3.8, 4) is 27.8 Å². The molecule has 0 saturated carbocycles. The Morgan fingerprint density at radius 2 is 1.38 bits per heavy atom. The van der Waals surface area contributed by atoms with Crippen LogP contribution in [0.2, 0.25) is 0 Å². The van der Waals surface area contributed by atoms with Crippen molar-refractivity contribution in [2.24, 2.45) is 0 Å². The number of benzene rings is 3. The van der Waals surface area contributed by atoms with Crippen LogP contribution in [0.5, 0.6) is 0 Å². The summed E-state index contributed by atoms with van der Waals surface area (Å²) in [6.07, 6.45) is 14.4. The molecule has 50 heavy (non-hydrogen) atoms. The van der Waals surface area contributed by atoms with E-state index in [1.54, 1.807) is 11.3 Å². The molecule has 4 heterocycles. The maximum atomic E-state index is 9.40. The summed E-state index contributed by atoms with van der Waals surface area (Å²) in [5.41, 5.74) is 13.2. The van der Waals surface area contributed by atoms with Crippen LogP contribution in [-0.2, 0) is 18.3 Å². The number of nitrogens with zero attached hydrogens (tertiary/aromatic N) is 2. The number of hydrogen-bond acceptors (Lipinski definition) is 2. The number of rotatable bonds is 14. The Hall–Kier alpha value is -4.65. The van der Waals surface area contributed by atoms with Crippen LogP contribution in [0.1, 0.15) is 111 Å². The highest BCUT2D eigenvalue weighted by molar-refractivity contribution is 7.16. The number of nitriles is 1. The van der Waals surface area contributed by atoms with Gasteiger partial charge in [0.05, 0.1) is 17.2 Å². The van der Waals surface area contributed by atoms with E-state index in [4.69, 9.17) is 0 Å². The highest BCUT2D eigenvalue weighted by Crippen LogP contribution is 2.53. The number of hydrogen-bond donors (Lipinski definition) is 0. The van der Waals surface area contributed by atoms with E-state index in [0.717, 1.165) is 23.3 Å². The third-order valence-corrected chi connectivity index (χ3v) is 11.7. The molecule has 3 heteroatoms. The van der Waals surface area contributed by atoms with Crippen LogP contribution in [0, 0.1) is 11.3 Å². The lowest BCUT2D eigenvalue weighted by Gasteiger charge is -2.42. The van der Waals surface area contributed by atoms with E-state index >= 15 is 0 Å². The van der Waals surface area contributed by atoms with Gasteiger partial charge in [0.2, 0.25) is 0 Å². The number of aryl methyl sites for hydroxylation is 2. The second-order valence-corrected chi connectivity index (χ2v) is 15.2. The quantitative estimate of drug-likeness (QED) is 0.0835. The Kier molecular flexibility index (Phi) is 10.2. The second-order valence-electron chi connectivity index (χ2n) is 14.1. The predicted octanol–water partition coefficient (Wildman–Crippen LogP) is 13.2. The molecular formula is C47H48N2S. The van der Waals surface area contributed by atoms with Gasteiger partial charge in [-0.05, 0) is 115 Å². The normalized spacial score (nSPS) is 13.4. The van der Waals surface area contributed by atoms with Crippen LogP contribution in [0.4, 0.5) is 0 Å². The van der Waals surface area contributed by atoms with Crippen molar-refractivity contribution in [2.75, 3.05) is 0 Å². The molecule has 3 aromatic heterocycles. The Balaban J connectivity index is 1.43. The van der Waals surface area contributed by atoms with Crippen molar-refractivity contribution < 1.29 is 0 Å². The molecule has 0 N–H and O–H groups in total. The minimum Gasteiger partial charge on any atom is -0.312 e. The number of aromatic nitrogens is 1. The topological polar surface area (TPSA) is 28.2 Å². The summed E-state index contributed by atoms with van der Waals surface area (Å²) in [5.74, 6) is 0. The van der Waals surface area contributed by atoms with Crippen molar-refractivity contribution in [1.82, 2.24) is 4.40 Å². The summed E-state index contributed by atoms with van der Waals surface area (Å²) in [6, 6.07) is 44.3. The molecule has 3 aromatic carbocycles. The molecule has 0 unspecified atom stereocenters. The van der Waals surface area contributed by atoms with E-state index in [1.807, 2.05) is 13.0 Å². The van der Waals surface area contributed by atoms with Crippen molar-refractivity contribution in [3.05, 3.63) is 153 Å². The van der Waals surface area contributed by atoms with Gasteiger partial charge < -0.3 is 4.40 Å². The van der Waals surface area contributed by atoms with Crippen molar-refractivity contribution >= 4 is 22.9 Å². The molecule has 0 spiro atoms. The Morgan fingerprint density at radius 1 is 0.720 bits per heavy atom. The average molecular weight is 673 g/mol. The summed E-state index contributed by atoms with van der Waals surface area (Å²) in [6.45, 7) is 6.43. The maximum absolute atomic E-state index is 9.40. The first-order chi connectivity index (χ1) is 24.6. The molecule has 6 aromatic rings. The SMILES string of the molecule is CCCCCCc1ccc(C2(c3ccc(CCCCCC)cc3)c3cc(-c4ccc(/C=C(/C)C#N)s4)ccc3-c3ccc4cccc2n34)cc1. The van der Waals surface area contributed by atoms with Gasteiger partial charge in [-0.2, -0.15) is 5.26 Å². The van der Waals surface area contributed by atoms with Crippen LogP contribution < -0.4 is 0 Å². The Bertz CT molecular complexity index is 2090. The molecule has 0 fully saturated rings. The highest BCUT2D eigenvalue weighted by atomic mass is 32.1. The van der Waals surface area contributed by atoms with Gasteiger partial charge in [-0.3, -0.25) is 0 Å². The van der Waals surface area contributed by atoms with Gasteiger partial charge in [0.1, 0.15) is 0 Å². The molecule has 0 saturated heterocycles. The number of fused-ring (bicyclic) bond motifs is 2. The molecule has 0 bridgehead atoms. The van der Waals surface area contributed by atoms with Gasteiger partial charge in [0.25, 0.3) is 0 Å². The van der Waals surface area contributed by atoms with Crippen LogP contribution in [-0.4, -0.2) is 4.40 Å². The van der Waals surface area contributed by atoms with Gasteiger partial charge in [-0.1, -0.05) is 119 Å². The number of unbranched alkanes of at least 4 members (excludes halogenated alkanes) is 6. The molecule has 0 radical (unpaired) electrons. The Labute approximate surface area is 302 Å². The fourth-order valence-corrected chi connectivity index (χ4v) is 9.00. The van der Waals surface area contributed by atoms with Crippen molar-refractivity contribution in [1.29, 1.82) is 5.26 Å². The van der Waals surface area contributed by atoms with Gasteiger partial charge in [0.15, 0.2) is 0 Å². The molecule has 2 nitrogen and oxygen atoms in total. The summed E-state index contributed by atoms with van der Waals surface area (Å²) >= 11 is 1.75. The van der Waals surface area contributed by atoms with Gasteiger partial charge in [-0.25, -0.2) is 0 Å². The van der Waals surface area contributed by atoms with E-state index in [-0.39, 0.29) is 0 Å². The van der Waals surface area contributed by atoms with E-state index in [9.17, 15) is 5.26 Å². The van der Waals surface area contributed by atoms with Crippen LogP contribution in [0.15, 0.2) is 115 Å². The predicted molar refractivity (Wildman–Crippen MR) is 213 cm³/mol. The fourth-order valence-electron chi connectivity index (χ4n) is 8.00. The minimum absolute atomic E-state index is 0.518. The van der Waals surface area contributed by atoms with Crippen molar-refractivity contribution in [2.45, 2.75) is 90.4 Å². The van der Waals surface area contributed by atoms with Crippen molar-refractivity contribution in [3.63, 3.8) is 0 Å². The van der Waals surface area contributed by atoms with E-state index in [2.05, 4.69) is 134 Å². The molecule has 252 valence electrons. The lowest BCUT2D eigenvalue weighted by molar-refractivity contribution is 0.663. The Morgan fingerprint density at radius 3 is 2.00 bits per heavy atom. The zero-order valence-electron chi connectivity index (χ0n) is 29.8. The molecule has 1 aliphatic heterocycles. The van der Waals surface area contributed by atoms with E-state index in [1.165, 1.54) is 112 Å². The smallest absolute Gasteiger partial charge is 0.0944 e. The zero-order chi connectivity index (χ0) is 34.5. The van der Waals surface area contributed by atoms with E-state index in [0.29, 0.717) is 0 Å². The second kappa shape index (κ2) is 15.1. The molecule has 0 atom stereocenters. The first kappa shape index (κ1) is 33.8. The molecule has 7 rings (SSSR count). The van der Waals surface area contributed by atoms with Gasteiger partial charge in [-0.15, -0.1) is 11.3 Å². The van der Waals surface area contributed by atoms with Crippen LogP contribution in [0.25, 0.3) is 33.3 Å². The number of pyridine rings is 1. The molecule has 0 aliphatic carbocycles. The standard InChI is InChI=1S/C47H48N2S/c1-4-6-8-10-13-35-17-22-38(23-18-35)47(39-24-19-36(20-25-39)14-11-9-7-5-2)43-32-37(45-30-27-41(50-45)31-34(3)33-48)21-28-42(43)44-29-26-40-15-12-16-46(47)49(40)44/h12,15-32H,4-11,13-14H2,1-3H3/b34-31-. The third-order valence-electron chi connectivity index (χ3n) is 10.6. The number of allylic oxidation sites excluding steroid dienone is 1. The molecular weight excluding hydrogens is 625 g/mol. The summed E-state index contributed by atoms with van der Waals surface area (Å²) < 4.78 is 2.50. The summed E-state index contributed by atoms with van der Waals surface area (Å²) in [5, 5.41) is 9.40. The molecule has 1 aliphatic rings. The number of thiophene rings is 1. The zero-order valence-corrected chi connectivity index (χ0v) is 30.7. The third kappa shape index (κ3) is 6.38. The monoisotopic (exact) mass is 672 g/mol. The minimum atomic E-state index is -0.518.